The van der Waals surface area contributed by atoms with Crippen molar-refractivity contribution in [1.29, 1.82) is 0 Å². The van der Waals surface area contributed by atoms with Crippen LogP contribution in [0, 0.1) is 5.41 Å². The van der Waals surface area contributed by atoms with Crippen LogP contribution in [0.2, 0.25) is 0 Å². The number of rotatable bonds is 4. The van der Waals surface area contributed by atoms with Crippen LogP contribution in [-0.4, -0.2) is 13.0 Å². The Bertz CT molecular complexity index is 464. The first-order chi connectivity index (χ1) is 9.15. The second-order valence-electron chi connectivity index (χ2n) is 5.41. The SMILES string of the molecule is CCC1(C(N)=O)CCCCC1c1ccccc1OC.Cl. The van der Waals surface area contributed by atoms with Crippen LogP contribution in [0.25, 0.3) is 0 Å². The van der Waals surface area contributed by atoms with Gasteiger partial charge in [0, 0.05) is 5.92 Å². The molecule has 2 unspecified atom stereocenters. The second kappa shape index (κ2) is 6.98. The summed E-state index contributed by atoms with van der Waals surface area (Å²) in [6.45, 7) is 2.07. The summed E-state index contributed by atoms with van der Waals surface area (Å²) in [4.78, 5) is 12.1. The molecule has 1 amide bonds. The van der Waals surface area contributed by atoms with Crippen LogP contribution in [0.4, 0.5) is 0 Å². The highest BCUT2D eigenvalue weighted by Gasteiger charge is 2.45. The Hall–Kier alpha value is -1.22. The molecule has 0 aromatic heterocycles. The maximum Gasteiger partial charge on any atom is 0.224 e. The molecule has 3 nitrogen and oxygen atoms in total. The van der Waals surface area contributed by atoms with Gasteiger partial charge < -0.3 is 10.5 Å². The molecule has 1 aromatic rings. The third-order valence-electron chi connectivity index (χ3n) is 4.67. The van der Waals surface area contributed by atoms with Crippen molar-refractivity contribution < 1.29 is 9.53 Å². The molecule has 2 rings (SSSR count). The highest BCUT2D eigenvalue weighted by Crippen LogP contribution is 2.51. The van der Waals surface area contributed by atoms with Crippen LogP contribution >= 0.6 is 12.4 Å². The lowest BCUT2D eigenvalue weighted by Gasteiger charge is -2.42. The Morgan fingerprint density at radius 3 is 2.70 bits per heavy atom. The fourth-order valence-electron chi connectivity index (χ4n) is 3.54. The average molecular weight is 298 g/mol. The average Bonchev–Trinajstić information content (AvgIpc) is 2.46. The van der Waals surface area contributed by atoms with E-state index in [1.807, 2.05) is 18.2 Å². The fourth-order valence-corrected chi connectivity index (χ4v) is 3.54. The summed E-state index contributed by atoms with van der Waals surface area (Å²) in [7, 11) is 1.68. The molecule has 0 aliphatic heterocycles. The first kappa shape index (κ1) is 16.8. The number of carbonyl (C=O) groups is 1. The zero-order valence-electron chi connectivity index (χ0n) is 12.2. The normalized spacial score (nSPS) is 25.6. The second-order valence-corrected chi connectivity index (χ2v) is 5.41. The van der Waals surface area contributed by atoms with Crippen LogP contribution < -0.4 is 10.5 Å². The number of benzene rings is 1. The van der Waals surface area contributed by atoms with E-state index in [-0.39, 0.29) is 24.2 Å². The van der Waals surface area contributed by atoms with Crippen molar-refractivity contribution in [2.24, 2.45) is 11.1 Å². The molecule has 20 heavy (non-hydrogen) atoms. The number of para-hydroxylation sites is 1. The Balaban J connectivity index is 0.00000200. The van der Waals surface area contributed by atoms with Crippen LogP contribution in [0.5, 0.6) is 5.75 Å². The van der Waals surface area contributed by atoms with E-state index in [9.17, 15) is 4.79 Å². The van der Waals surface area contributed by atoms with E-state index in [0.717, 1.165) is 43.4 Å². The molecule has 1 saturated carbocycles. The summed E-state index contributed by atoms with van der Waals surface area (Å²) in [6.07, 6.45) is 4.93. The summed E-state index contributed by atoms with van der Waals surface area (Å²) in [5.74, 6) is 0.888. The van der Waals surface area contributed by atoms with Gasteiger partial charge in [0.05, 0.1) is 12.5 Å². The Morgan fingerprint density at radius 1 is 1.40 bits per heavy atom. The Labute approximate surface area is 127 Å². The van der Waals surface area contributed by atoms with Crippen molar-refractivity contribution >= 4 is 18.3 Å². The van der Waals surface area contributed by atoms with E-state index >= 15 is 0 Å². The highest BCUT2D eigenvalue weighted by atomic mass is 35.5. The largest absolute Gasteiger partial charge is 0.496 e. The maximum atomic E-state index is 12.1. The van der Waals surface area contributed by atoms with Gasteiger partial charge in [0.15, 0.2) is 0 Å². The van der Waals surface area contributed by atoms with Crippen molar-refractivity contribution in [3.63, 3.8) is 0 Å². The number of methoxy groups -OCH3 is 1. The molecule has 0 spiro atoms. The first-order valence-electron chi connectivity index (χ1n) is 7.08. The molecular weight excluding hydrogens is 274 g/mol. The molecule has 1 fully saturated rings. The van der Waals surface area contributed by atoms with Gasteiger partial charge in [-0.05, 0) is 30.9 Å². The standard InChI is InChI=1S/C16H23NO2.ClH/c1-3-16(15(17)18)11-7-6-9-13(16)12-8-4-5-10-14(12)19-2;/h4-5,8,10,13H,3,6-7,9,11H2,1-2H3,(H2,17,18);1H. The summed E-state index contributed by atoms with van der Waals surface area (Å²) in [5, 5.41) is 0. The van der Waals surface area contributed by atoms with Gasteiger partial charge >= 0.3 is 0 Å². The number of halogens is 1. The van der Waals surface area contributed by atoms with Gasteiger partial charge in [-0.15, -0.1) is 12.4 Å². The van der Waals surface area contributed by atoms with E-state index in [4.69, 9.17) is 10.5 Å². The smallest absolute Gasteiger partial charge is 0.224 e. The summed E-state index contributed by atoms with van der Waals surface area (Å²) >= 11 is 0. The lowest BCUT2D eigenvalue weighted by atomic mass is 9.62. The van der Waals surface area contributed by atoms with Gasteiger partial charge in [0.25, 0.3) is 0 Å². The van der Waals surface area contributed by atoms with Crippen LogP contribution in [0.3, 0.4) is 0 Å². The molecule has 0 heterocycles. The molecule has 4 heteroatoms. The van der Waals surface area contributed by atoms with Gasteiger partial charge in [-0.25, -0.2) is 0 Å². The Kier molecular flexibility index (Phi) is 5.88. The fraction of sp³-hybridized carbons (Fsp3) is 0.562. The quantitative estimate of drug-likeness (QED) is 0.922. The van der Waals surface area contributed by atoms with Crippen LogP contribution in [0.1, 0.15) is 50.5 Å². The third-order valence-corrected chi connectivity index (χ3v) is 4.67. The number of ether oxygens (including phenoxy) is 1. The number of hydrogen-bond donors (Lipinski definition) is 1. The topological polar surface area (TPSA) is 52.3 Å². The van der Waals surface area contributed by atoms with Crippen molar-refractivity contribution in [2.75, 3.05) is 7.11 Å². The highest BCUT2D eigenvalue weighted by molar-refractivity contribution is 5.85. The van der Waals surface area contributed by atoms with Crippen molar-refractivity contribution in [1.82, 2.24) is 0 Å². The number of primary amides is 1. The monoisotopic (exact) mass is 297 g/mol. The lowest BCUT2D eigenvalue weighted by molar-refractivity contribution is -0.131. The molecule has 0 radical (unpaired) electrons. The predicted molar refractivity (Wildman–Crippen MR) is 83.4 cm³/mol. The van der Waals surface area contributed by atoms with Crippen molar-refractivity contribution in [2.45, 2.75) is 44.9 Å². The minimum Gasteiger partial charge on any atom is -0.496 e. The zero-order chi connectivity index (χ0) is 13.9. The third kappa shape index (κ3) is 2.78. The molecule has 1 aliphatic rings. The minimum absolute atomic E-state index is 0. The molecule has 2 atom stereocenters. The van der Waals surface area contributed by atoms with E-state index in [1.54, 1.807) is 7.11 Å². The lowest BCUT2D eigenvalue weighted by Crippen LogP contribution is -2.43. The molecule has 0 bridgehead atoms. The summed E-state index contributed by atoms with van der Waals surface area (Å²) in [6, 6.07) is 8.00. The number of amides is 1. The van der Waals surface area contributed by atoms with Crippen LogP contribution in [-0.2, 0) is 4.79 Å². The van der Waals surface area contributed by atoms with E-state index in [2.05, 4.69) is 13.0 Å². The molecule has 112 valence electrons. The summed E-state index contributed by atoms with van der Waals surface area (Å²) in [5.41, 5.74) is 6.47. The maximum absolute atomic E-state index is 12.1. The van der Waals surface area contributed by atoms with Gasteiger partial charge in [-0.3, -0.25) is 4.79 Å². The van der Waals surface area contributed by atoms with Gasteiger partial charge in [0.2, 0.25) is 5.91 Å². The van der Waals surface area contributed by atoms with E-state index in [0.29, 0.717) is 0 Å². The minimum atomic E-state index is -0.410. The van der Waals surface area contributed by atoms with Crippen LogP contribution in [0.15, 0.2) is 24.3 Å². The number of nitrogens with two attached hydrogens (primary N) is 1. The Morgan fingerprint density at radius 2 is 2.10 bits per heavy atom. The first-order valence-corrected chi connectivity index (χ1v) is 7.08. The molecular formula is C16H24ClNO2. The zero-order valence-corrected chi connectivity index (χ0v) is 13.0. The molecule has 0 saturated heterocycles. The molecule has 1 aliphatic carbocycles. The molecule has 1 aromatic carbocycles. The molecule has 2 N–H and O–H groups in total. The van der Waals surface area contributed by atoms with Gasteiger partial charge in [0.1, 0.15) is 5.75 Å². The van der Waals surface area contributed by atoms with E-state index < -0.39 is 5.41 Å². The van der Waals surface area contributed by atoms with E-state index in [1.165, 1.54) is 0 Å². The predicted octanol–water partition coefficient (Wildman–Crippen LogP) is 3.66. The van der Waals surface area contributed by atoms with Crippen molar-refractivity contribution in [3.05, 3.63) is 29.8 Å². The number of carbonyl (C=O) groups excluding carboxylic acids is 1. The number of hydrogen-bond acceptors (Lipinski definition) is 2. The van der Waals surface area contributed by atoms with Crippen molar-refractivity contribution in [3.8, 4) is 5.75 Å². The van der Waals surface area contributed by atoms with Gasteiger partial charge in [-0.1, -0.05) is 38.0 Å². The summed E-state index contributed by atoms with van der Waals surface area (Å²) < 4.78 is 5.46. The van der Waals surface area contributed by atoms with Gasteiger partial charge in [-0.2, -0.15) is 0 Å².